The van der Waals surface area contributed by atoms with Gasteiger partial charge in [-0.15, -0.1) is 0 Å². The molecule has 5 nitrogen and oxygen atoms in total. The van der Waals surface area contributed by atoms with Crippen LogP contribution in [0, 0.1) is 11.3 Å². The summed E-state index contributed by atoms with van der Waals surface area (Å²) in [5.74, 6) is -0.814. The largest absolute Gasteiger partial charge is 0.481 e. The minimum Gasteiger partial charge on any atom is -0.481 e. The molecule has 4 unspecified atom stereocenters. The molecule has 0 spiro atoms. The zero-order chi connectivity index (χ0) is 13.3. The maximum Gasteiger partial charge on any atom is 0.311 e. The molecule has 0 aliphatic carbocycles. The Morgan fingerprint density at radius 1 is 1.44 bits per heavy atom. The molecular formula is C13H22N2O3. The summed E-state index contributed by atoms with van der Waals surface area (Å²) in [5, 5.41) is 15.4. The molecule has 2 fully saturated rings. The van der Waals surface area contributed by atoms with Crippen molar-refractivity contribution in [3.63, 3.8) is 0 Å². The van der Waals surface area contributed by atoms with Gasteiger partial charge in [0.1, 0.15) is 0 Å². The first-order chi connectivity index (χ1) is 8.46. The SMILES string of the molecule is CCC(C)(CNC(=O)C1CC2CCC1N2)C(=O)O. The second kappa shape index (κ2) is 4.88. The van der Waals surface area contributed by atoms with E-state index in [0.717, 1.165) is 19.3 Å². The molecule has 0 aromatic rings. The topological polar surface area (TPSA) is 78.4 Å². The summed E-state index contributed by atoms with van der Waals surface area (Å²) >= 11 is 0. The molecular weight excluding hydrogens is 232 g/mol. The van der Waals surface area contributed by atoms with Gasteiger partial charge in [-0.1, -0.05) is 6.92 Å². The highest BCUT2D eigenvalue weighted by atomic mass is 16.4. The summed E-state index contributed by atoms with van der Waals surface area (Å²) in [4.78, 5) is 23.2. The van der Waals surface area contributed by atoms with E-state index in [1.807, 2.05) is 6.92 Å². The van der Waals surface area contributed by atoms with Crippen LogP contribution in [0.15, 0.2) is 0 Å². The Morgan fingerprint density at radius 3 is 2.61 bits per heavy atom. The molecule has 2 aliphatic rings. The summed E-state index contributed by atoms with van der Waals surface area (Å²) in [5.41, 5.74) is -0.860. The Bertz CT molecular complexity index is 358. The van der Waals surface area contributed by atoms with Crippen molar-refractivity contribution in [1.29, 1.82) is 0 Å². The van der Waals surface area contributed by atoms with Gasteiger partial charge >= 0.3 is 5.97 Å². The molecule has 5 heteroatoms. The van der Waals surface area contributed by atoms with Gasteiger partial charge in [0, 0.05) is 18.6 Å². The summed E-state index contributed by atoms with van der Waals surface area (Å²) < 4.78 is 0. The lowest BCUT2D eigenvalue weighted by Gasteiger charge is -2.26. The highest BCUT2D eigenvalue weighted by molar-refractivity contribution is 5.81. The summed E-state index contributed by atoms with van der Waals surface area (Å²) in [7, 11) is 0. The number of rotatable bonds is 5. The van der Waals surface area contributed by atoms with Gasteiger partial charge in [0.15, 0.2) is 0 Å². The number of carbonyl (C=O) groups excluding carboxylic acids is 1. The maximum absolute atomic E-state index is 12.1. The highest BCUT2D eigenvalue weighted by Gasteiger charge is 2.43. The van der Waals surface area contributed by atoms with Gasteiger partial charge < -0.3 is 15.7 Å². The third-order valence-electron chi connectivity index (χ3n) is 4.59. The molecule has 0 saturated carbocycles. The van der Waals surface area contributed by atoms with Gasteiger partial charge in [0.25, 0.3) is 0 Å². The molecule has 0 aromatic heterocycles. The van der Waals surface area contributed by atoms with Crippen molar-refractivity contribution in [2.45, 2.75) is 51.6 Å². The normalized spacial score (nSPS) is 33.1. The predicted octanol–water partition coefficient (Wildman–Crippen LogP) is 0.744. The van der Waals surface area contributed by atoms with Gasteiger partial charge in [-0.3, -0.25) is 9.59 Å². The first-order valence-corrected chi connectivity index (χ1v) is 6.73. The third-order valence-corrected chi connectivity index (χ3v) is 4.59. The van der Waals surface area contributed by atoms with E-state index in [0.29, 0.717) is 18.5 Å². The van der Waals surface area contributed by atoms with Crippen molar-refractivity contribution in [1.82, 2.24) is 10.6 Å². The van der Waals surface area contributed by atoms with Crippen LogP contribution in [0.1, 0.15) is 39.5 Å². The van der Waals surface area contributed by atoms with Gasteiger partial charge in [-0.2, -0.15) is 0 Å². The lowest BCUT2D eigenvalue weighted by atomic mass is 9.86. The Hall–Kier alpha value is -1.10. The van der Waals surface area contributed by atoms with Gasteiger partial charge in [-0.05, 0) is 32.6 Å². The smallest absolute Gasteiger partial charge is 0.311 e. The van der Waals surface area contributed by atoms with E-state index in [-0.39, 0.29) is 18.4 Å². The minimum atomic E-state index is -0.860. The van der Waals surface area contributed by atoms with Crippen LogP contribution in [0.25, 0.3) is 0 Å². The van der Waals surface area contributed by atoms with Crippen LogP contribution in [0.4, 0.5) is 0 Å². The van der Waals surface area contributed by atoms with E-state index in [2.05, 4.69) is 10.6 Å². The third kappa shape index (κ3) is 2.36. The second-order valence-electron chi connectivity index (χ2n) is 5.83. The molecule has 1 amide bonds. The van der Waals surface area contributed by atoms with Gasteiger partial charge in [-0.25, -0.2) is 0 Å². The zero-order valence-corrected chi connectivity index (χ0v) is 11.0. The van der Waals surface area contributed by atoms with Crippen LogP contribution >= 0.6 is 0 Å². The van der Waals surface area contributed by atoms with E-state index in [9.17, 15) is 9.59 Å². The molecule has 0 aromatic carbocycles. The quantitative estimate of drug-likeness (QED) is 0.676. The maximum atomic E-state index is 12.1. The first kappa shape index (κ1) is 13.3. The van der Waals surface area contributed by atoms with Crippen molar-refractivity contribution in [2.24, 2.45) is 11.3 Å². The number of aliphatic carboxylic acids is 1. The van der Waals surface area contributed by atoms with E-state index in [4.69, 9.17) is 5.11 Å². The number of carboxylic acid groups (broad SMARTS) is 1. The highest BCUT2D eigenvalue weighted by Crippen LogP contribution is 2.33. The Balaban J connectivity index is 1.87. The number of carboxylic acids is 1. The Labute approximate surface area is 107 Å². The second-order valence-corrected chi connectivity index (χ2v) is 5.83. The average molecular weight is 254 g/mol. The molecule has 2 bridgehead atoms. The van der Waals surface area contributed by atoms with Crippen LogP contribution < -0.4 is 10.6 Å². The molecule has 2 heterocycles. The fraction of sp³-hybridized carbons (Fsp3) is 0.846. The van der Waals surface area contributed by atoms with Crippen molar-refractivity contribution < 1.29 is 14.7 Å². The van der Waals surface area contributed by atoms with Crippen molar-refractivity contribution in [2.75, 3.05) is 6.54 Å². The number of carbonyl (C=O) groups is 2. The molecule has 0 radical (unpaired) electrons. The van der Waals surface area contributed by atoms with Gasteiger partial charge in [0.05, 0.1) is 11.3 Å². The number of hydrogen-bond acceptors (Lipinski definition) is 3. The van der Waals surface area contributed by atoms with Crippen LogP contribution in [0.2, 0.25) is 0 Å². The Kier molecular flexibility index (Phi) is 3.61. The van der Waals surface area contributed by atoms with E-state index < -0.39 is 11.4 Å². The predicted molar refractivity (Wildman–Crippen MR) is 67.1 cm³/mol. The lowest BCUT2D eigenvalue weighted by molar-refractivity contribution is -0.148. The molecule has 18 heavy (non-hydrogen) atoms. The molecule has 2 rings (SSSR count). The first-order valence-electron chi connectivity index (χ1n) is 6.73. The van der Waals surface area contributed by atoms with E-state index in [1.165, 1.54) is 0 Å². The van der Waals surface area contributed by atoms with Crippen LogP contribution in [-0.4, -0.2) is 35.6 Å². The molecule has 3 N–H and O–H groups in total. The number of fused-ring (bicyclic) bond motifs is 2. The van der Waals surface area contributed by atoms with E-state index >= 15 is 0 Å². The monoisotopic (exact) mass is 254 g/mol. The fourth-order valence-corrected chi connectivity index (χ4v) is 2.88. The summed E-state index contributed by atoms with van der Waals surface area (Å²) in [6.45, 7) is 3.72. The van der Waals surface area contributed by atoms with Crippen LogP contribution in [-0.2, 0) is 9.59 Å². The van der Waals surface area contributed by atoms with Crippen LogP contribution in [0.3, 0.4) is 0 Å². The molecule has 4 atom stereocenters. The van der Waals surface area contributed by atoms with Crippen LogP contribution in [0.5, 0.6) is 0 Å². The summed E-state index contributed by atoms with van der Waals surface area (Å²) in [6, 6.07) is 0.787. The summed E-state index contributed by atoms with van der Waals surface area (Å²) in [6.07, 6.45) is 3.63. The fourth-order valence-electron chi connectivity index (χ4n) is 2.88. The van der Waals surface area contributed by atoms with E-state index in [1.54, 1.807) is 6.92 Å². The molecule has 2 aliphatic heterocycles. The Morgan fingerprint density at radius 2 is 2.17 bits per heavy atom. The van der Waals surface area contributed by atoms with Crippen molar-refractivity contribution >= 4 is 11.9 Å². The standard InChI is InChI=1S/C13H22N2O3/c1-3-13(2,12(17)18)7-14-11(16)9-6-8-4-5-10(9)15-8/h8-10,15H,3-7H2,1-2H3,(H,14,16)(H,17,18). The number of hydrogen-bond donors (Lipinski definition) is 3. The molecule has 2 saturated heterocycles. The average Bonchev–Trinajstić information content (AvgIpc) is 2.97. The van der Waals surface area contributed by atoms with Crippen molar-refractivity contribution in [3.05, 3.63) is 0 Å². The number of amides is 1. The van der Waals surface area contributed by atoms with Gasteiger partial charge in [0.2, 0.25) is 5.91 Å². The molecule has 102 valence electrons. The van der Waals surface area contributed by atoms with Crippen molar-refractivity contribution in [3.8, 4) is 0 Å². The minimum absolute atomic E-state index is 0.00984. The zero-order valence-electron chi connectivity index (χ0n) is 11.0. The number of nitrogens with one attached hydrogen (secondary N) is 2. The lowest BCUT2D eigenvalue weighted by Crippen LogP contribution is -2.44.